The molecule has 1 atom stereocenters. The molecule has 0 unspecified atom stereocenters. The highest BCUT2D eigenvalue weighted by Gasteiger charge is 2.26. The molecule has 1 aliphatic rings. The van der Waals surface area contributed by atoms with Crippen molar-refractivity contribution in [3.05, 3.63) is 0 Å². The number of hydrogen-bond donors (Lipinski definition) is 1. The van der Waals surface area contributed by atoms with Crippen LogP contribution in [0.15, 0.2) is 0 Å². The monoisotopic (exact) mass is 257 g/mol. The van der Waals surface area contributed by atoms with E-state index in [0.717, 1.165) is 45.9 Å². The number of carbonyl (C=O) groups is 1. The van der Waals surface area contributed by atoms with Crippen molar-refractivity contribution in [3.63, 3.8) is 0 Å². The second kappa shape index (κ2) is 7.71. The molecular weight excluding hydrogens is 230 g/mol. The molecule has 0 saturated carbocycles. The summed E-state index contributed by atoms with van der Waals surface area (Å²) in [6.45, 7) is 11.9. The fraction of sp³-hybridized carbons (Fsp3) is 0.923. The van der Waals surface area contributed by atoms with Crippen molar-refractivity contribution in [2.75, 3.05) is 45.9 Å². The van der Waals surface area contributed by atoms with Gasteiger partial charge in [-0.15, -0.1) is 0 Å². The summed E-state index contributed by atoms with van der Waals surface area (Å²) in [7, 11) is 0. The number of ether oxygens (including phenoxy) is 1. The van der Waals surface area contributed by atoms with E-state index in [9.17, 15) is 4.79 Å². The highest BCUT2D eigenvalue weighted by molar-refractivity contribution is 5.82. The van der Waals surface area contributed by atoms with Crippen LogP contribution in [0.5, 0.6) is 0 Å². The maximum Gasteiger partial charge on any atom is 0.239 e. The van der Waals surface area contributed by atoms with Crippen molar-refractivity contribution in [1.29, 1.82) is 0 Å². The third-order valence-corrected chi connectivity index (χ3v) is 3.44. The first-order valence-electron chi connectivity index (χ1n) is 6.90. The quantitative estimate of drug-likeness (QED) is 0.688. The van der Waals surface area contributed by atoms with E-state index in [4.69, 9.17) is 10.5 Å². The number of amides is 1. The zero-order chi connectivity index (χ0) is 13.5. The van der Waals surface area contributed by atoms with Gasteiger partial charge in [-0.1, -0.05) is 13.8 Å². The molecule has 1 fully saturated rings. The van der Waals surface area contributed by atoms with E-state index in [0.29, 0.717) is 0 Å². The molecule has 2 N–H and O–H groups in total. The number of rotatable bonds is 6. The highest BCUT2D eigenvalue weighted by atomic mass is 16.5. The SMILES string of the molecule is CCOCCN1CCN(C(=O)[C@@H](N)C(C)C)CC1. The molecule has 0 aliphatic carbocycles. The average Bonchev–Trinajstić information content (AvgIpc) is 2.38. The largest absolute Gasteiger partial charge is 0.380 e. The molecule has 1 saturated heterocycles. The van der Waals surface area contributed by atoms with Crippen LogP contribution < -0.4 is 5.73 Å². The lowest BCUT2D eigenvalue weighted by molar-refractivity contribution is -0.135. The molecule has 0 aromatic carbocycles. The summed E-state index contributed by atoms with van der Waals surface area (Å²) in [5.41, 5.74) is 5.90. The van der Waals surface area contributed by atoms with E-state index in [2.05, 4.69) is 4.90 Å². The smallest absolute Gasteiger partial charge is 0.239 e. The minimum atomic E-state index is -0.361. The Labute approximate surface area is 110 Å². The first-order valence-corrected chi connectivity index (χ1v) is 6.90. The van der Waals surface area contributed by atoms with Crippen LogP contribution in [0.1, 0.15) is 20.8 Å². The van der Waals surface area contributed by atoms with Crippen LogP contribution in [0.3, 0.4) is 0 Å². The molecule has 0 spiro atoms. The lowest BCUT2D eigenvalue weighted by Gasteiger charge is -2.36. The standard InChI is InChI=1S/C13H27N3O2/c1-4-18-10-9-15-5-7-16(8-6-15)13(17)12(14)11(2)3/h11-12H,4-10,14H2,1-3H3/t12-/m0/s1. The zero-order valence-corrected chi connectivity index (χ0v) is 11.9. The van der Waals surface area contributed by atoms with Gasteiger partial charge in [-0.2, -0.15) is 0 Å². The van der Waals surface area contributed by atoms with Crippen molar-refractivity contribution in [3.8, 4) is 0 Å². The minimum Gasteiger partial charge on any atom is -0.380 e. The van der Waals surface area contributed by atoms with Gasteiger partial charge < -0.3 is 15.4 Å². The van der Waals surface area contributed by atoms with Gasteiger partial charge in [0.25, 0.3) is 0 Å². The van der Waals surface area contributed by atoms with Crippen molar-refractivity contribution in [1.82, 2.24) is 9.80 Å². The van der Waals surface area contributed by atoms with Gasteiger partial charge in [0.2, 0.25) is 5.91 Å². The Morgan fingerprint density at radius 3 is 2.39 bits per heavy atom. The zero-order valence-electron chi connectivity index (χ0n) is 11.9. The molecule has 106 valence electrons. The Morgan fingerprint density at radius 1 is 1.28 bits per heavy atom. The molecule has 1 heterocycles. The fourth-order valence-electron chi connectivity index (χ4n) is 2.03. The summed E-state index contributed by atoms with van der Waals surface area (Å²) in [6, 6.07) is -0.361. The molecule has 5 nitrogen and oxygen atoms in total. The Balaban J connectivity index is 2.28. The average molecular weight is 257 g/mol. The van der Waals surface area contributed by atoms with Gasteiger partial charge in [-0.25, -0.2) is 0 Å². The molecule has 0 aromatic rings. The Bertz CT molecular complexity index is 251. The maximum atomic E-state index is 12.1. The number of nitrogens with two attached hydrogens (primary N) is 1. The van der Waals surface area contributed by atoms with Crippen molar-refractivity contribution in [2.24, 2.45) is 11.7 Å². The molecule has 0 bridgehead atoms. The molecule has 1 amide bonds. The normalized spacial score (nSPS) is 19.3. The van der Waals surface area contributed by atoms with Crippen molar-refractivity contribution >= 4 is 5.91 Å². The van der Waals surface area contributed by atoms with Gasteiger partial charge in [0.1, 0.15) is 0 Å². The maximum absolute atomic E-state index is 12.1. The molecule has 1 rings (SSSR count). The summed E-state index contributed by atoms with van der Waals surface area (Å²) in [6.07, 6.45) is 0. The topological polar surface area (TPSA) is 58.8 Å². The lowest BCUT2D eigenvalue weighted by Crippen LogP contribution is -2.54. The van der Waals surface area contributed by atoms with Crippen LogP contribution in [0.4, 0.5) is 0 Å². The van der Waals surface area contributed by atoms with Gasteiger partial charge in [0.05, 0.1) is 12.6 Å². The van der Waals surface area contributed by atoms with Crippen molar-refractivity contribution < 1.29 is 9.53 Å². The third-order valence-electron chi connectivity index (χ3n) is 3.44. The second-order valence-corrected chi connectivity index (χ2v) is 5.13. The van der Waals surface area contributed by atoms with E-state index in [1.54, 1.807) is 0 Å². The summed E-state index contributed by atoms with van der Waals surface area (Å²) in [5, 5.41) is 0. The molecule has 18 heavy (non-hydrogen) atoms. The minimum absolute atomic E-state index is 0.0921. The van der Waals surface area contributed by atoms with Gasteiger partial charge in [0.15, 0.2) is 0 Å². The first-order chi connectivity index (χ1) is 8.56. The van der Waals surface area contributed by atoms with E-state index < -0.39 is 0 Å². The Hall–Kier alpha value is -0.650. The highest BCUT2D eigenvalue weighted by Crippen LogP contribution is 2.07. The number of nitrogens with zero attached hydrogens (tertiary/aromatic N) is 2. The predicted molar refractivity (Wildman–Crippen MR) is 72.3 cm³/mol. The van der Waals surface area contributed by atoms with Gasteiger partial charge in [0, 0.05) is 39.3 Å². The van der Waals surface area contributed by atoms with Crippen LogP contribution in [-0.4, -0.2) is 67.7 Å². The molecule has 5 heteroatoms. The van der Waals surface area contributed by atoms with Crippen LogP contribution >= 0.6 is 0 Å². The Kier molecular flexibility index (Phi) is 6.60. The lowest BCUT2D eigenvalue weighted by atomic mass is 10.0. The summed E-state index contributed by atoms with van der Waals surface area (Å²) in [4.78, 5) is 16.3. The van der Waals surface area contributed by atoms with E-state index >= 15 is 0 Å². The number of carbonyl (C=O) groups excluding carboxylic acids is 1. The summed E-state index contributed by atoms with van der Waals surface area (Å²) < 4.78 is 5.34. The van der Waals surface area contributed by atoms with E-state index in [1.807, 2.05) is 25.7 Å². The second-order valence-electron chi connectivity index (χ2n) is 5.13. The summed E-state index contributed by atoms with van der Waals surface area (Å²) in [5.74, 6) is 0.294. The molecule has 0 aromatic heterocycles. The van der Waals surface area contributed by atoms with Crippen LogP contribution in [0.25, 0.3) is 0 Å². The van der Waals surface area contributed by atoms with Crippen LogP contribution in [0.2, 0.25) is 0 Å². The van der Waals surface area contributed by atoms with Gasteiger partial charge in [-0.3, -0.25) is 9.69 Å². The van der Waals surface area contributed by atoms with Crippen molar-refractivity contribution in [2.45, 2.75) is 26.8 Å². The fourth-order valence-corrected chi connectivity index (χ4v) is 2.03. The summed E-state index contributed by atoms with van der Waals surface area (Å²) >= 11 is 0. The van der Waals surface area contributed by atoms with E-state index in [1.165, 1.54) is 0 Å². The third kappa shape index (κ3) is 4.55. The molecule has 0 radical (unpaired) electrons. The molecular formula is C13H27N3O2. The molecule has 1 aliphatic heterocycles. The van der Waals surface area contributed by atoms with Crippen LogP contribution in [0, 0.1) is 5.92 Å². The van der Waals surface area contributed by atoms with Crippen LogP contribution in [-0.2, 0) is 9.53 Å². The number of piperazine rings is 1. The number of hydrogen-bond acceptors (Lipinski definition) is 4. The predicted octanol–water partition coefficient (Wildman–Crippen LogP) is 0.150. The van der Waals surface area contributed by atoms with Gasteiger partial charge >= 0.3 is 0 Å². The Morgan fingerprint density at radius 2 is 1.89 bits per heavy atom. The van der Waals surface area contributed by atoms with Gasteiger partial charge in [-0.05, 0) is 12.8 Å². The van der Waals surface area contributed by atoms with E-state index in [-0.39, 0.29) is 17.9 Å². The first kappa shape index (κ1) is 15.4.